The van der Waals surface area contributed by atoms with Crippen LogP contribution in [0.3, 0.4) is 0 Å². The zero-order valence-corrected chi connectivity index (χ0v) is 12.4. The Morgan fingerprint density at radius 3 is 1.95 bits per heavy atom. The van der Waals surface area contributed by atoms with Gasteiger partial charge < -0.3 is 19.3 Å². The van der Waals surface area contributed by atoms with Gasteiger partial charge in [-0.05, 0) is 6.42 Å². The molecule has 1 aliphatic heterocycles. The van der Waals surface area contributed by atoms with Gasteiger partial charge in [-0.2, -0.15) is 0 Å². The molecule has 0 fully saturated rings. The highest BCUT2D eigenvalue weighted by Crippen LogP contribution is 2.02. The van der Waals surface area contributed by atoms with Gasteiger partial charge in [-0.25, -0.2) is 0 Å². The van der Waals surface area contributed by atoms with E-state index in [-0.39, 0.29) is 31.4 Å². The van der Waals surface area contributed by atoms with Crippen molar-refractivity contribution in [2.24, 2.45) is 0 Å². The lowest BCUT2D eigenvalue weighted by Crippen LogP contribution is -2.33. The first-order chi connectivity index (χ1) is 10.6. The lowest BCUT2D eigenvalue weighted by atomic mass is 10.3. The largest absolute Gasteiger partial charge is 0.481 e. The van der Waals surface area contributed by atoms with Gasteiger partial charge in [0.1, 0.15) is 0 Å². The molecule has 0 aromatic rings. The van der Waals surface area contributed by atoms with Gasteiger partial charge in [0.05, 0.1) is 39.6 Å². The average molecular weight is 315 g/mol. The molecule has 1 aliphatic rings. The lowest BCUT2D eigenvalue weighted by Gasteiger charge is -2.13. The Bertz CT molecular complexity index is 390. The molecule has 124 valence electrons. The average Bonchev–Trinajstić information content (AvgIpc) is 2.79. The van der Waals surface area contributed by atoms with Crippen LogP contribution in [0.4, 0.5) is 0 Å². The molecule has 0 saturated heterocycles. The Hall–Kier alpha value is -1.77. The van der Waals surface area contributed by atoms with Crippen molar-refractivity contribution in [1.29, 1.82) is 0 Å². The van der Waals surface area contributed by atoms with E-state index in [0.29, 0.717) is 39.5 Å². The van der Waals surface area contributed by atoms with E-state index in [2.05, 4.69) is 0 Å². The number of nitrogens with zero attached hydrogens (tertiary/aromatic N) is 1. The second-order valence-corrected chi connectivity index (χ2v) is 4.50. The van der Waals surface area contributed by atoms with Gasteiger partial charge in [-0.3, -0.25) is 19.3 Å². The lowest BCUT2D eigenvalue weighted by molar-refractivity contribution is -0.138. The van der Waals surface area contributed by atoms with Crippen molar-refractivity contribution in [1.82, 2.24) is 4.90 Å². The summed E-state index contributed by atoms with van der Waals surface area (Å²) in [5.41, 5.74) is 0. The minimum absolute atomic E-state index is 0.103. The van der Waals surface area contributed by atoms with E-state index >= 15 is 0 Å². The van der Waals surface area contributed by atoms with Crippen LogP contribution in [0.5, 0.6) is 0 Å². The molecule has 0 atom stereocenters. The molecule has 8 nitrogen and oxygen atoms in total. The second kappa shape index (κ2) is 10.9. The number of carbonyl (C=O) groups is 3. The van der Waals surface area contributed by atoms with Gasteiger partial charge in [-0.1, -0.05) is 0 Å². The quantitative estimate of drug-likeness (QED) is 0.372. The molecule has 0 radical (unpaired) electrons. The summed E-state index contributed by atoms with van der Waals surface area (Å²) >= 11 is 0. The predicted octanol–water partition coefficient (Wildman–Crippen LogP) is -0.174. The second-order valence-electron chi connectivity index (χ2n) is 4.50. The molecule has 0 spiro atoms. The fraction of sp³-hybridized carbons (Fsp3) is 0.643. The Labute approximate surface area is 128 Å². The van der Waals surface area contributed by atoms with Gasteiger partial charge >= 0.3 is 5.97 Å². The number of carboxylic acids is 1. The maximum absolute atomic E-state index is 11.2. The summed E-state index contributed by atoms with van der Waals surface area (Å²) in [6.45, 7) is 2.47. The van der Waals surface area contributed by atoms with Gasteiger partial charge in [-0.15, -0.1) is 0 Å². The van der Waals surface area contributed by atoms with Crippen LogP contribution < -0.4 is 0 Å². The smallest absolute Gasteiger partial charge is 0.303 e. The molecule has 0 aliphatic carbocycles. The molecule has 0 aromatic heterocycles. The molecule has 8 heteroatoms. The molecule has 0 unspecified atom stereocenters. The molecule has 0 saturated carbocycles. The number of aliphatic carboxylic acids is 1. The topological polar surface area (TPSA) is 102 Å². The van der Waals surface area contributed by atoms with Gasteiger partial charge in [0.25, 0.3) is 11.8 Å². The van der Waals surface area contributed by atoms with Crippen LogP contribution in [0.1, 0.15) is 12.8 Å². The predicted molar refractivity (Wildman–Crippen MR) is 75.2 cm³/mol. The Kier molecular flexibility index (Phi) is 9.04. The van der Waals surface area contributed by atoms with Crippen molar-refractivity contribution >= 4 is 17.8 Å². The van der Waals surface area contributed by atoms with Crippen molar-refractivity contribution in [2.75, 3.05) is 46.2 Å². The minimum atomic E-state index is -0.829. The summed E-state index contributed by atoms with van der Waals surface area (Å²) in [5, 5.41) is 8.42. The number of rotatable bonds is 13. The summed E-state index contributed by atoms with van der Waals surface area (Å²) < 4.78 is 15.7. The summed E-state index contributed by atoms with van der Waals surface area (Å²) in [7, 11) is 0. The number of hydrogen-bond donors (Lipinski definition) is 1. The third-order valence-corrected chi connectivity index (χ3v) is 2.78. The van der Waals surface area contributed by atoms with Crippen molar-refractivity contribution in [2.45, 2.75) is 12.8 Å². The monoisotopic (exact) mass is 315 g/mol. The van der Waals surface area contributed by atoms with E-state index < -0.39 is 5.97 Å². The van der Waals surface area contributed by atoms with Crippen LogP contribution in [0.15, 0.2) is 12.2 Å². The Balaban J connectivity index is 1.81. The molecule has 0 bridgehead atoms. The van der Waals surface area contributed by atoms with Crippen LogP contribution >= 0.6 is 0 Å². The molecule has 2 amide bonds. The summed E-state index contributed by atoms with van der Waals surface area (Å²) in [5.74, 6) is -1.46. The number of amides is 2. The standard InChI is InChI=1S/C14H21NO7/c16-12-3-4-13(17)15(12)5-7-21-9-11-22-10-8-20-6-1-2-14(18)19/h3-4H,1-2,5-11H2,(H,18,19). The maximum Gasteiger partial charge on any atom is 0.303 e. The van der Waals surface area contributed by atoms with E-state index in [1.807, 2.05) is 0 Å². The van der Waals surface area contributed by atoms with Crippen molar-refractivity contribution in [3.8, 4) is 0 Å². The first-order valence-corrected chi connectivity index (χ1v) is 7.10. The van der Waals surface area contributed by atoms with Gasteiger partial charge in [0, 0.05) is 25.2 Å². The first kappa shape index (κ1) is 18.3. The van der Waals surface area contributed by atoms with Crippen molar-refractivity contribution in [3.63, 3.8) is 0 Å². The van der Waals surface area contributed by atoms with Crippen LogP contribution in [0.2, 0.25) is 0 Å². The number of carboxylic acid groups (broad SMARTS) is 1. The molecule has 0 aromatic carbocycles. The molecule has 1 N–H and O–H groups in total. The SMILES string of the molecule is O=C(O)CCCOCCOCCOCCN1C(=O)C=CC1=O. The zero-order valence-electron chi connectivity index (χ0n) is 12.4. The van der Waals surface area contributed by atoms with E-state index in [1.54, 1.807) is 0 Å². The number of imide groups is 1. The molecular formula is C14H21NO7. The Morgan fingerprint density at radius 1 is 0.909 bits per heavy atom. The molecule has 22 heavy (non-hydrogen) atoms. The summed E-state index contributed by atoms with van der Waals surface area (Å²) in [6, 6.07) is 0. The normalized spacial score (nSPS) is 14.1. The summed E-state index contributed by atoms with van der Waals surface area (Å²) in [6.07, 6.45) is 3.07. The highest BCUT2D eigenvalue weighted by Gasteiger charge is 2.22. The van der Waals surface area contributed by atoms with Crippen LogP contribution in [0.25, 0.3) is 0 Å². The molecular weight excluding hydrogens is 294 g/mol. The molecule has 1 rings (SSSR count). The van der Waals surface area contributed by atoms with Crippen LogP contribution in [-0.2, 0) is 28.6 Å². The van der Waals surface area contributed by atoms with E-state index in [1.165, 1.54) is 12.2 Å². The first-order valence-electron chi connectivity index (χ1n) is 7.10. The molecule has 1 heterocycles. The van der Waals surface area contributed by atoms with Gasteiger partial charge in [0.2, 0.25) is 0 Å². The van der Waals surface area contributed by atoms with E-state index in [9.17, 15) is 14.4 Å². The van der Waals surface area contributed by atoms with Crippen LogP contribution in [-0.4, -0.2) is 74.0 Å². The fourth-order valence-electron chi connectivity index (χ4n) is 1.67. The maximum atomic E-state index is 11.2. The number of ether oxygens (including phenoxy) is 3. The van der Waals surface area contributed by atoms with Crippen molar-refractivity contribution in [3.05, 3.63) is 12.2 Å². The minimum Gasteiger partial charge on any atom is -0.481 e. The van der Waals surface area contributed by atoms with Crippen LogP contribution in [0, 0.1) is 0 Å². The number of carbonyl (C=O) groups excluding carboxylic acids is 2. The summed E-state index contributed by atoms with van der Waals surface area (Å²) in [4.78, 5) is 33.8. The number of hydrogen-bond acceptors (Lipinski definition) is 6. The Morgan fingerprint density at radius 2 is 1.41 bits per heavy atom. The van der Waals surface area contributed by atoms with E-state index in [4.69, 9.17) is 19.3 Å². The highest BCUT2D eigenvalue weighted by molar-refractivity contribution is 6.12. The highest BCUT2D eigenvalue weighted by atomic mass is 16.5. The third-order valence-electron chi connectivity index (χ3n) is 2.78. The van der Waals surface area contributed by atoms with Crippen molar-refractivity contribution < 1.29 is 33.7 Å². The third kappa shape index (κ3) is 7.87. The van der Waals surface area contributed by atoms with E-state index in [0.717, 1.165) is 4.90 Å². The fourth-order valence-corrected chi connectivity index (χ4v) is 1.67. The zero-order chi connectivity index (χ0) is 16.2. The van der Waals surface area contributed by atoms with Gasteiger partial charge in [0.15, 0.2) is 0 Å².